The lowest BCUT2D eigenvalue weighted by atomic mass is 9.95. The third-order valence-electron chi connectivity index (χ3n) is 3.55. The van der Waals surface area contributed by atoms with Crippen molar-refractivity contribution in [3.8, 4) is 0 Å². The van der Waals surface area contributed by atoms with Gasteiger partial charge in [0.05, 0.1) is 6.54 Å². The molecule has 0 aromatic heterocycles. The Kier molecular flexibility index (Phi) is 9.45. The molecule has 1 aliphatic rings. The third kappa shape index (κ3) is 6.45. The summed E-state index contributed by atoms with van der Waals surface area (Å²) >= 11 is 0. The number of carbonyl (C=O) groups excluding carboxylic acids is 3. The minimum Gasteiger partial charge on any atom is -0.358 e. The van der Waals surface area contributed by atoms with Crippen LogP contribution in [0.15, 0.2) is 0 Å². The molecule has 3 amide bonds. The highest BCUT2D eigenvalue weighted by molar-refractivity contribution is 5.94. The van der Waals surface area contributed by atoms with E-state index in [1.165, 1.54) is 7.05 Å². The van der Waals surface area contributed by atoms with Crippen LogP contribution in [0.3, 0.4) is 0 Å². The Bertz CT molecular complexity index is 375. The molecular formula is C16H31N3O3. The van der Waals surface area contributed by atoms with Gasteiger partial charge in [-0.2, -0.15) is 0 Å². The lowest BCUT2D eigenvalue weighted by Gasteiger charge is -2.29. The second-order valence-electron chi connectivity index (χ2n) is 5.79. The van der Waals surface area contributed by atoms with Crippen LogP contribution in [0.1, 0.15) is 59.8 Å². The maximum absolute atomic E-state index is 12.3. The van der Waals surface area contributed by atoms with Crippen LogP contribution in [0, 0.1) is 5.92 Å². The molecule has 1 fully saturated rings. The summed E-state index contributed by atoms with van der Waals surface area (Å²) in [7, 11) is 1.52. The predicted octanol–water partition coefficient (Wildman–Crippen LogP) is 1.35. The average Bonchev–Trinajstić information content (AvgIpc) is 2.95. The van der Waals surface area contributed by atoms with Crippen LogP contribution < -0.4 is 16.0 Å². The first kappa shape index (κ1) is 20.4. The summed E-state index contributed by atoms with van der Waals surface area (Å²) in [5.74, 6) is -0.352. The molecule has 0 radical (unpaired) electrons. The van der Waals surface area contributed by atoms with Crippen molar-refractivity contribution >= 4 is 17.7 Å². The van der Waals surface area contributed by atoms with Crippen molar-refractivity contribution in [2.75, 3.05) is 13.6 Å². The summed E-state index contributed by atoms with van der Waals surface area (Å²) in [6.45, 7) is 7.87. The summed E-state index contributed by atoms with van der Waals surface area (Å²) in [5.41, 5.74) is -0.833. The second kappa shape index (κ2) is 10.2. The highest BCUT2D eigenvalue weighted by atomic mass is 16.2. The zero-order valence-electron chi connectivity index (χ0n) is 14.5. The van der Waals surface area contributed by atoms with Crippen LogP contribution in [0.4, 0.5) is 0 Å². The molecule has 0 aliphatic heterocycles. The molecule has 3 N–H and O–H groups in total. The molecule has 128 valence electrons. The van der Waals surface area contributed by atoms with Gasteiger partial charge in [-0.25, -0.2) is 0 Å². The Labute approximate surface area is 133 Å². The van der Waals surface area contributed by atoms with Crippen LogP contribution in [0.5, 0.6) is 0 Å². The maximum atomic E-state index is 12.3. The van der Waals surface area contributed by atoms with E-state index in [1.54, 1.807) is 0 Å². The van der Waals surface area contributed by atoms with Crippen molar-refractivity contribution in [3.63, 3.8) is 0 Å². The molecule has 0 aromatic rings. The molecular weight excluding hydrogens is 282 g/mol. The fraction of sp³-hybridized carbons (Fsp3) is 0.812. The van der Waals surface area contributed by atoms with E-state index in [4.69, 9.17) is 0 Å². The standard InChI is InChI=1S/C14H25N3O3.C2H6/c1-10(2)8-11(18)17-14(6-4-5-7-14)13(20)16-9-12(19)15-3;1-2/h10H,4-9H2,1-3H3,(H,15,19)(H,16,20)(H,17,18);1-2H3. The molecule has 0 aromatic carbocycles. The van der Waals surface area contributed by atoms with E-state index in [1.807, 2.05) is 27.7 Å². The van der Waals surface area contributed by atoms with Crippen LogP contribution in [-0.4, -0.2) is 36.9 Å². The number of carbonyl (C=O) groups is 3. The quantitative estimate of drug-likeness (QED) is 0.692. The number of nitrogens with one attached hydrogen (secondary N) is 3. The molecule has 6 nitrogen and oxygen atoms in total. The first-order valence-corrected chi connectivity index (χ1v) is 8.19. The number of amides is 3. The molecule has 0 unspecified atom stereocenters. The van der Waals surface area contributed by atoms with E-state index in [-0.39, 0.29) is 30.2 Å². The van der Waals surface area contributed by atoms with Crippen LogP contribution in [0.25, 0.3) is 0 Å². The smallest absolute Gasteiger partial charge is 0.246 e. The average molecular weight is 313 g/mol. The van der Waals surface area contributed by atoms with Gasteiger partial charge in [0, 0.05) is 13.5 Å². The number of hydrogen-bond donors (Lipinski definition) is 3. The van der Waals surface area contributed by atoms with Gasteiger partial charge in [0.15, 0.2) is 0 Å². The Balaban J connectivity index is 0.00000211. The molecule has 1 rings (SSSR count). The van der Waals surface area contributed by atoms with E-state index in [0.717, 1.165) is 12.8 Å². The highest BCUT2D eigenvalue weighted by Gasteiger charge is 2.42. The number of likely N-dealkylation sites (N-methyl/N-ethyl adjacent to an activating group) is 1. The molecule has 6 heteroatoms. The zero-order valence-corrected chi connectivity index (χ0v) is 14.5. The predicted molar refractivity (Wildman–Crippen MR) is 87.2 cm³/mol. The van der Waals surface area contributed by atoms with Crippen molar-refractivity contribution in [3.05, 3.63) is 0 Å². The maximum Gasteiger partial charge on any atom is 0.246 e. The monoisotopic (exact) mass is 313 g/mol. The second-order valence-corrected chi connectivity index (χ2v) is 5.79. The summed E-state index contributed by atoms with van der Waals surface area (Å²) in [5, 5.41) is 7.94. The van der Waals surface area contributed by atoms with Gasteiger partial charge in [0.2, 0.25) is 17.7 Å². The molecule has 22 heavy (non-hydrogen) atoms. The van der Waals surface area contributed by atoms with Gasteiger partial charge >= 0.3 is 0 Å². The number of hydrogen-bond acceptors (Lipinski definition) is 3. The fourth-order valence-corrected chi connectivity index (χ4v) is 2.49. The van der Waals surface area contributed by atoms with Gasteiger partial charge in [0.25, 0.3) is 0 Å². The van der Waals surface area contributed by atoms with E-state index in [2.05, 4.69) is 16.0 Å². The Hall–Kier alpha value is -1.59. The Morgan fingerprint density at radius 1 is 1.05 bits per heavy atom. The molecule has 0 bridgehead atoms. The topological polar surface area (TPSA) is 87.3 Å². The summed E-state index contributed by atoms with van der Waals surface area (Å²) in [4.78, 5) is 35.4. The van der Waals surface area contributed by atoms with Crippen molar-refractivity contribution in [2.24, 2.45) is 5.92 Å². The summed E-state index contributed by atoms with van der Waals surface area (Å²) in [6.07, 6.45) is 3.50. The van der Waals surface area contributed by atoms with E-state index in [0.29, 0.717) is 19.3 Å². The molecule has 0 saturated heterocycles. The normalized spacial score (nSPS) is 15.5. The van der Waals surface area contributed by atoms with Crippen molar-refractivity contribution < 1.29 is 14.4 Å². The zero-order chi connectivity index (χ0) is 17.2. The van der Waals surface area contributed by atoms with E-state index < -0.39 is 5.54 Å². The van der Waals surface area contributed by atoms with Crippen LogP contribution in [0.2, 0.25) is 0 Å². The summed E-state index contributed by atoms with van der Waals surface area (Å²) < 4.78 is 0. The van der Waals surface area contributed by atoms with Gasteiger partial charge < -0.3 is 16.0 Å². The highest BCUT2D eigenvalue weighted by Crippen LogP contribution is 2.30. The molecule has 0 spiro atoms. The minimum absolute atomic E-state index is 0.0584. The van der Waals surface area contributed by atoms with Gasteiger partial charge in [0.1, 0.15) is 5.54 Å². The third-order valence-corrected chi connectivity index (χ3v) is 3.55. The molecule has 0 atom stereocenters. The van der Waals surface area contributed by atoms with Crippen molar-refractivity contribution in [1.82, 2.24) is 16.0 Å². The Morgan fingerprint density at radius 3 is 2.05 bits per heavy atom. The SMILES string of the molecule is CC.CNC(=O)CNC(=O)C1(NC(=O)CC(C)C)CCCC1. The van der Waals surface area contributed by atoms with E-state index in [9.17, 15) is 14.4 Å². The van der Waals surface area contributed by atoms with Crippen LogP contribution >= 0.6 is 0 Å². The molecule has 1 aliphatic carbocycles. The summed E-state index contributed by atoms with van der Waals surface area (Å²) in [6, 6.07) is 0. The van der Waals surface area contributed by atoms with Gasteiger partial charge in [-0.15, -0.1) is 0 Å². The first-order valence-electron chi connectivity index (χ1n) is 8.19. The minimum atomic E-state index is -0.833. The van der Waals surface area contributed by atoms with Crippen LogP contribution in [-0.2, 0) is 14.4 Å². The van der Waals surface area contributed by atoms with E-state index >= 15 is 0 Å². The number of rotatable bonds is 6. The van der Waals surface area contributed by atoms with Gasteiger partial charge in [-0.05, 0) is 18.8 Å². The lowest BCUT2D eigenvalue weighted by Crippen LogP contribution is -2.58. The molecule has 1 saturated carbocycles. The van der Waals surface area contributed by atoms with Gasteiger partial charge in [-0.3, -0.25) is 14.4 Å². The lowest BCUT2D eigenvalue weighted by molar-refractivity contribution is -0.134. The van der Waals surface area contributed by atoms with Crippen molar-refractivity contribution in [2.45, 2.75) is 65.3 Å². The van der Waals surface area contributed by atoms with Crippen molar-refractivity contribution in [1.29, 1.82) is 0 Å². The Morgan fingerprint density at radius 2 is 1.59 bits per heavy atom. The molecule has 0 heterocycles. The first-order chi connectivity index (χ1) is 10.4. The largest absolute Gasteiger partial charge is 0.358 e. The fourth-order valence-electron chi connectivity index (χ4n) is 2.49. The van der Waals surface area contributed by atoms with Gasteiger partial charge in [-0.1, -0.05) is 40.5 Å².